The lowest BCUT2D eigenvalue weighted by atomic mass is 10.0. The van der Waals surface area contributed by atoms with Crippen molar-refractivity contribution < 1.29 is 14.7 Å². The molecule has 2 aromatic carbocycles. The third-order valence-electron chi connectivity index (χ3n) is 3.03. The van der Waals surface area contributed by atoms with Crippen LogP contribution in [0.5, 0.6) is 0 Å². The maximum absolute atomic E-state index is 12.1. The van der Waals surface area contributed by atoms with Crippen molar-refractivity contribution in [1.29, 1.82) is 0 Å². The molecule has 0 saturated heterocycles. The number of rotatable bonds is 6. The Labute approximate surface area is 137 Å². The number of carbonyl (C=O) groups excluding carboxylic acids is 2. The van der Waals surface area contributed by atoms with Gasteiger partial charge >= 0.3 is 0 Å². The third-order valence-corrected chi connectivity index (χ3v) is 3.58. The van der Waals surface area contributed by atoms with Gasteiger partial charge in [-0.3, -0.25) is 4.79 Å². The van der Waals surface area contributed by atoms with Gasteiger partial charge in [0.2, 0.25) is 0 Å². The SMILES string of the molecule is O=C(CC(Nc1ccc(Cl)cc1Cl)C(=O)[O-])c1ccccc1. The summed E-state index contributed by atoms with van der Waals surface area (Å²) in [6.45, 7) is 0. The topological polar surface area (TPSA) is 69.2 Å². The molecular weight excluding hydrogens is 325 g/mol. The monoisotopic (exact) mass is 336 g/mol. The number of hydrogen-bond acceptors (Lipinski definition) is 4. The van der Waals surface area contributed by atoms with Crippen molar-refractivity contribution in [2.24, 2.45) is 0 Å². The van der Waals surface area contributed by atoms with Crippen molar-refractivity contribution >= 4 is 40.6 Å². The van der Waals surface area contributed by atoms with Gasteiger partial charge < -0.3 is 15.2 Å². The van der Waals surface area contributed by atoms with Gasteiger partial charge in [0.15, 0.2) is 5.78 Å². The van der Waals surface area contributed by atoms with Crippen LogP contribution in [0.15, 0.2) is 48.5 Å². The van der Waals surface area contributed by atoms with E-state index in [1.165, 1.54) is 6.07 Å². The number of Topliss-reactive ketones (excluding diaryl/α,β-unsaturated/α-hetero) is 1. The number of halogens is 2. The number of aliphatic carboxylic acids is 1. The second kappa shape index (κ2) is 7.29. The normalized spacial score (nSPS) is 11.7. The fourth-order valence-corrected chi connectivity index (χ4v) is 2.38. The van der Waals surface area contributed by atoms with E-state index < -0.39 is 12.0 Å². The van der Waals surface area contributed by atoms with E-state index in [2.05, 4.69) is 5.32 Å². The number of hydrogen-bond donors (Lipinski definition) is 1. The van der Waals surface area contributed by atoms with E-state index in [0.29, 0.717) is 16.3 Å². The summed E-state index contributed by atoms with van der Waals surface area (Å²) >= 11 is 11.8. The standard InChI is InChI=1S/C16H13Cl2NO3/c17-11-6-7-13(12(18)8-11)19-14(16(21)22)9-15(20)10-4-2-1-3-5-10/h1-8,14,19H,9H2,(H,21,22)/p-1. The summed E-state index contributed by atoms with van der Waals surface area (Å²) in [6, 6.07) is 11.9. The smallest absolute Gasteiger partial charge is 0.165 e. The lowest BCUT2D eigenvalue weighted by molar-refractivity contribution is -0.306. The highest BCUT2D eigenvalue weighted by atomic mass is 35.5. The molecule has 0 spiro atoms. The molecule has 2 aromatic rings. The van der Waals surface area contributed by atoms with Crippen molar-refractivity contribution in [1.82, 2.24) is 0 Å². The molecule has 114 valence electrons. The molecule has 0 heterocycles. The van der Waals surface area contributed by atoms with Crippen molar-refractivity contribution in [3.05, 3.63) is 64.1 Å². The first kappa shape index (κ1) is 16.3. The zero-order valence-corrected chi connectivity index (χ0v) is 12.9. The summed E-state index contributed by atoms with van der Waals surface area (Å²) < 4.78 is 0. The van der Waals surface area contributed by atoms with E-state index in [1.54, 1.807) is 42.5 Å². The predicted molar refractivity (Wildman–Crippen MR) is 84.3 cm³/mol. The highest BCUT2D eigenvalue weighted by Crippen LogP contribution is 2.26. The Morgan fingerprint density at radius 3 is 2.36 bits per heavy atom. The van der Waals surface area contributed by atoms with Crippen molar-refractivity contribution in [3.63, 3.8) is 0 Å². The number of benzene rings is 2. The van der Waals surface area contributed by atoms with E-state index in [0.717, 1.165) is 0 Å². The van der Waals surface area contributed by atoms with E-state index in [4.69, 9.17) is 23.2 Å². The van der Waals surface area contributed by atoms with Gasteiger partial charge in [0.1, 0.15) is 0 Å². The van der Waals surface area contributed by atoms with E-state index >= 15 is 0 Å². The van der Waals surface area contributed by atoms with Gasteiger partial charge in [0.05, 0.1) is 22.7 Å². The molecule has 1 N–H and O–H groups in total. The first-order valence-electron chi connectivity index (χ1n) is 6.48. The van der Waals surface area contributed by atoms with Crippen LogP contribution in [0.1, 0.15) is 16.8 Å². The summed E-state index contributed by atoms with van der Waals surface area (Å²) in [7, 11) is 0. The van der Waals surface area contributed by atoms with Crippen LogP contribution < -0.4 is 10.4 Å². The van der Waals surface area contributed by atoms with Crippen LogP contribution in [-0.4, -0.2) is 17.8 Å². The quantitative estimate of drug-likeness (QED) is 0.823. The first-order valence-corrected chi connectivity index (χ1v) is 7.23. The van der Waals surface area contributed by atoms with Crippen molar-refractivity contribution in [3.8, 4) is 0 Å². The summed E-state index contributed by atoms with van der Waals surface area (Å²) in [5, 5.41) is 14.7. The minimum absolute atomic E-state index is 0.245. The van der Waals surface area contributed by atoms with Gasteiger partial charge in [-0.15, -0.1) is 0 Å². The molecule has 6 heteroatoms. The van der Waals surface area contributed by atoms with Crippen molar-refractivity contribution in [2.45, 2.75) is 12.5 Å². The Bertz CT molecular complexity index is 689. The van der Waals surface area contributed by atoms with Crippen LogP contribution in [0.2, 0.25) is 10.0 Å². The van der Waals surface area contributed by atoms with Crippen molar-refractivity contribution in [2.75, 3.05) is 5.32 Å². The number of carbonyl (C=O) groups is 2. The highest BCUT2D eigenvalue weighted by molar-refractivity contribution is 6.36. The molecule has 1 atom stereocenters. The molecule has 0 aliphatic rings. The lowest BCUT2D eigenvalue weighted by Gasteiger charge is -2.21. The van der Waals surface area contributed by atoms with Crippen LogP contribution in [0, 0.1) is 0 Å². The van der Waals surface area contributed by atoms with Gasteiger partial charge in [-0.05, 0) is 18.2 Å². The molecule has 0 aliphatic heterocycles. The molecule has 0 fully saturated rings. The maximum atomic E-state index is 12.1. The minimum atomic E-state index is -1.38. The zero-order chi connectivity index (χ0) is 16.1. The minimum Gasteiger partial charge on any atom is -0.548 e. The van der Waals surface area contributed by atoms with Crippen LogP contribution >= 0.6 is 23.2 Å². The van der Waals surface area contributed by atoms with Gasteiger partial charge in [-0.1, -0.05) is 53.5 Å². The van der Waals surface area contributed by atoms with E-state index in [-0.39, 0.29) is 17.2 Å². The van der Waals surface area contributed by atoms with E-state index in [9.17, 15) is 14.7 Å². The molecular formula is C16H12Cl2NO3-. The van der Waals surface area contributed by atoms with E-state index in [1.807, 2.05) is 0 Å². The molecule has 0 amide bonds. The first-order chi connectivity index (χ1) is 10.5. The third kappa shape index (κ3) is 4.23. The van der Waals surface area contributed by atoms with Gasteiger partial charge in [0.25, 0.3) is 0 Å². The molecule has 22 heavy (non-hydrogen) atoms. The Kier molecular flexibility index (Phi) is 5.41. The Hall–Kier alpha value is -2.04. The highest BCUT2D eigenvalue weighted by Gasteiger charge is 2.17. The number of anilines is 1. The number of ketones is 1. The molecule has 1 unspecified atom stereocenters. The number of nitrogens with one attached hydrogen (secondary N) is 1. The summed E-state index contributed by atoms with van der Waals surface area (Å²) in [5.74, 6) is -1.68. The molecule has 0 bridgehead atoms. The molecule has 0 saturated carbocycles. The van der Waals surface area contributed by atoms with Crippen LogP contribution in [0.4, 0.5) is 5.69 Å². The molecule has 0 aliphatic carbocycles. The Balaban J connectivity index is 2.14. The van der Waals surface area contributed by atoms with Gasteiger partial charge in [-0.25, -0.2) is 0 Å². The second-order valence-corrected chi connectivity index (χ2v) is 5.48. The maximum Gasteiger partial charge on any atom is 0.165 e. The molecule has 0 radical (unpaired) electrons. The van der Waals surface area contributed by atoms with Crippen LogP contribution in [-0.2, 0) is 4.79 Å². The predicted octanol–water partition coefficient (Wildman–Crippen LogP) is 2.80. The van der Waals surface area contributed by atoms with Gasteiger partial charge in [-0.2, -0.15) is 0 Å². The fraction of sp³-hybridized carbons (Fsp3) is 0.125. The van der Waals surface area contributed by atoms with Crippen LogP contribution in [0.3, 0.4) is 0 Å². The lowest BCUT2D eigenvalue weighted by Crippen LogP contribution is -2.42. The molecule has 0 aromatic heterocycles. The summed E-state index contributed by atoms with van der Waals surface area (Å²) in [5.41, 5.74) is 0.818. The van der Waals surface area contributed by atoms with Gasteiger partial charge in [0, 0.05) is 17.0 Å². The Morgan fingerprint density at radius 2 is 1.77 bits per heavy atom. The largest absolute Gasteiger partial charge is 0.548 e. The zero-order valence-electron chi connectivity index (χ0n) is 11.4. The number of carboxylic acids is 1. The fourth-order valence-electron chi connectivity index (χ4n) is 1.91. The van der Waals surface area contributed by atoms with Crippen LogP contribution in [0.25, 0.3) is 0 Å². The average Bonchev–Trinajstić information content (AvgIpc) is 2.49. The second-order valence-electron chi connectivity index (χ2n) is 4.63. The average molecular weight is 337 g/mol. The molecule has 4 nitrogen and oxygen atoms in total. The molecule has 2 rings (SSSR count). The number of carboxylic acid groups (broad SMARTS) is 1. The summed E-state index contributed by atoms with van der Waals surface area (Å²) in [6.07, 6.45) is -0.245. The Morgan fingerprint density at radius 1 is 1.09 bits per heavy atom. The summed E-state index contributed by atoms with van der Waals surface area (Å²) in [4.78, 5) is 23.4.